The Hall–Kier alpha value is -2.94. The lowest BCUT2D eigenvalue weighted by Gasteiger charge is -2.16. The van der Waals surface area contributed by atoms with Crippen LogP contribution in [-0.2, 0) is 9.53 Å². The van der Waals surface area contributed by atoms with Gasteiger partial charge in [0.25, 0.3) is 5.91 Å². The zero-order chi connectivity index (χ0) is 20.3. The first-order chi connectivity index (χ1) is 12.6. The molecule has 1 unspecified atom stereocenters. The molecule has 0 aromatic heterocycles. The summed E-state index contributed by atoms with van der Waals surface area (Å²) in [5.41, 5.74) is 5.10. The molecule has 2 aromatic rings. The van der Waals surface area contributed by atoms with Gasteiger partial charge in [0, 0.05) is 6.07 Å². The lowest BCUT2D eigenvalue weighted by molar-refractivity contribution is -0.123. The van der Waals surface area contributed by atoms with Gasteiger partial charge >= 0.3 is 5.97 Å². The number of amides is 1. The second kappa shape index (κ2) is 8.17. The molecule has 0 aliphatic heterocycles. The quantitative estimate of drug-likeness (QED) is 0.453. The number of hydrogen-bond acceptors (Lipinski definition) is 5. The van der Waals surface area contributed by atoms with Crippen LogP contribution in [0.5, 0.6) is 5.75 Å². The highest BCUT2D eigenvalue weighted by Gasteiger charge is 2.24. The molecule has 0 fully saturated rings. The van der Waals surface area contributed by atoms with E-state index >= 15 is 0 Å². The highest BCUT2D eigenvalue weighted by Crippen LogP contribution is 2.29. The number of anilines is 2. The number of rotatable bonds is 5. The number of nitrogens with two attached hydrogens (primary N) is 1. The zero-order valence-corrected chi connectivity index (χ0v) is 14.9. The number of carbonyl (C=O) groups excluding carboxylic acids is 2. The monoisotopic (exact) mass is 402 g/mol. The summed E-state index contributed by atoms with van der Waals surface area (Å²) in [4.78, 5) is 24.3. The van der Waals surface area contributed by atoms with Crippen LogP contribution in [0.25, 0.3) is 0 Å². The summed E-state index contributed by atoms with van der Waals surface area (Å²) in [6, 6.07) is 3.99. The van der Waals surface area contributed by atoms with Crippen LogP contribution < -0.4 is 15.8 Å². The van der Waals surface area contributed by atoms with Crippen molar-refractivity contribution in [3.63, 3.8) is 0 Å². The molecule has 0 bridgehead atoms. The minimum absolute atomic E-state index is 0.0705. The van der Waals surface area contributed by atoms with Gasteiger partial charge in [0.2, 0.25) is 0 Å². The summed E-state index contributed by atoms with van der Waals surface area (Å²) in [5, 5.41) is 2.08. The average molecular weight is 403 g/mol. The van der Waals surface area contributed by atoms with Gasteiger partial charge in [-0.05, 0) is 25.1 Å². The Labute approximate surface area is 157 Å². The Balaban J connectivity index is 2.14. The van der Waals surface area contributed by atoms with Crippen LogP contribution in [0.4, 0.5) is 24.5 Å². The third-order valence-corrected chi connectivity index (χ3v) is 3.81. The van der Waals surface area contributed by atoms with Crippen molar-refractivity contribution in [3.8, 4) is 5.75 Å². The first kappa shape index (κ1) is 20.4. The van der Waals surface area contributed by atoms with Crippen LogP contribution in [0.15, 0.2) is 24.3 Å². The second-order valence-corrected chi connectivity index (χ2v) is 5.74. The van der Waals surface area contributed by atoms with Gasteiger partial charge in [-0.3, -0.25) is 4.79 Å². The number of carbonyl (C=O) groups is 2. The van der Waals surface area contributed by atoms with Gasteiger partial charge in [0.15, 0.2) is 23.6 Å². The molecule has 0 saturated carbocycles. The van der Waals surface area contributed by atoms with E-state index in [4.69, 9.17) is 26.8 Å². The smallest absolute Gasteiger partial charge is 0.342 e. The van der Waals surface area contributed by atoms with Crippen LogP contribution in [0, 0.1) is 17.5 Å². The summed E-state index contributed by atoms with van der Waals surface area (Å²) in [6.07, 6.45) is -1.40. The highest BCUT2D eigenvalue weighted by molar-refractivity contribution is 6.33. The van der Waals surface area contributed by atoms with Crippen LogP contribution >= 0.6 is 11.6 Å². The van der Waals surface area contributed by atoms with Crippen molar-refractivity contribution in [2.24, 2.45) is 0 Å². The van der Waals surface area contributed by atoms with Crippen molar-refractivity contribution < 1.29 is 32.2 Å². The maximum absolute atomic E-state index is 13.6. The first-order valence-electron chi connectivity index (χ1n) is 7.44. The topological polar surface area (TPSA) is 90.7 Å². The predicted octanol–water partition coefficient (Wildman–Crippen LogP) is 3.53. The van der Waals surface area contributed by atoms with Gasteiger partial charge < -0.3 is 20.5 Å². The van der Waals surface area contributed by atoms with Crippen LogP contribution in [0.1, 0.15) is 17.3 Å². The summed E-state index contributed by atoms with van der Waals surface area (Å²) in [5.74, 6) is -6.57. The molecule has 0 heterocycles. The van der Waals surface area contributed by atoms with E-state index < -0.39 is 41.1 Å². The fourth-order valence-corrected chi connectivity index (χ4v) is 2.20. The SMILES string of the molecule is COc1cc(N)c(Cl)cc1C(=O)OC(C)C(=O)Nc1ccc(F)c(F)c1F. The molecular weight excluding hydrogens is 389 g/mol. The standard InChI is InChI=1S/C17H14ClF3N2O4/c1-7(16(24)23-12-4-3-10(19)14(20)15(12)21)27-17(25)8-5-9(18)11(22)6-13(8)26-2/h3-7H,22H2,1-2H3,(H,23,24). The molecule has 144 valence electrons. The Morgan fingerprint density at radius 3 is 2.48 bits per heavy atom. The van der Waals surface area contributed by atoms with E-state index in [0.717, 1.165) is 6.07 Å². The molecule has 1 amide bonds. The number of nitrogen functional groups attached to an aromatic ring is 1. The zero-order valence-electron chi connectivity index (χ0n) is 14.1. The van der Waals surface area contributed by atoms with E-state index in [1.54, 1.807) is 0 Å². The van der Waals surface area contributed by atoms with Crippen molar-refractivity contribution in [3.05, 3.63) is 52.3 Å². The third kappa shape index (κ3) is 4.43. The number of hydrogen-bond donors (Lipinski definition) is 2. The van der Waals surface area contributed by atoms with Gasteiger partial charge in [0.1, 0.15) is 11.3 Å². The van der Waals surface area contributed by atoms with Crippen molar-refractivity contribution in [2.45, 2.75) is 13.0 Å². The molecule has 2 rings (SSSR count). The average Bonchev–Trinajstić information content (AvgIpc) is 2.63. The van der Waals surface area contributed by atoms with Gasteiger partial charge in [-0.1, -0.05) is 11.6 Å². The lowest BCUT2D eigenvalue weighted by Crippen LogP contribution is -2.30. The second-order valence-electron chi connectivity index (χ2n) is 5.33. The maximum Gasteiger partial charge on any atom is 0.342 e. The van der Waals surface area contributed by atoms with Crippen molar-refractivity contribution >= 4 is 34.9 Å². The number of esters is 1. The summed E-state index contributed by atoms with van der Waals surface area (Å²) in [6.45, 7) is 1.20. The molecule has 1 atom stereocenters. The van der Waals surface area contributed by atoms with Gasteiger partial charge in [-0.15, -0.1) is 0 Å². The molecule has 2 aromatic carbocycles. The highest BCUT2D eigenvalue weighted by atomic mass is 35.5. The minimum atomic E-state index is -1.74. The summed E-state index contributed by atoms with van der Waals surface area (Å²) in [7, 11) is 1.29. The molecule has 3 N–H and O–H groups in total. The van der Waals surface area contributed by atoms with E-state index in [0.29, 0.717) is 6.07 Å². The van der Waals surface area contributed by atoms with Gasteiger partial charge in [0.05, 0.1) is 23.5 Å². The molecular formula is C17H14ClF3N2O4. The minimum Gasteiger partial charge on any atom is -0.496 e. The molecule has 0 radical (unpaired) electrons. The van der Waals surface area contributed by atoms with E-state index in [-0.39, 0.29) is 22.0 Å². The van der Waals surface area contributed by atoms with Crippen molar-refractivity contribution in [2.75, 3.05) is 18.2 Å². The molecule has 0 saturated heterocycles. The molecule has 27 heavy (non-hydrogen) atoms. The maximum atomic E-state index is 13.6. The predicted molar refractivity (Wildman–Crippen MR) is 92.2 cm³/mol. The number of nitrogens with one attached hydrogen (secondary N) is 1. The third-order valence-electron chi connectivity index (χ3n) is 3.48. The Bertz CT molecular complexity index is 908. The lowest BCUT2D eigenvalue weighted by atomic mass is 10.2. The summed E-state index contributed by atoms with van der Waals surface area (Å²) < 4.78 is 49.7. The van der Waals surface area contributed by atoms with Crippen molar-refractivity contribution in [1.29, 1.82) is 0 Å². The fourth-order valence-electron chi connectivity index (χ4n) is 2.03. The number of halogens is 4. The van der Waals surface area contributed by atoms with Crippen LogP contribution in [0.2, 0.25) is 5.02 Å². The molecule has 0 spiro atoms. The van der Waals surface area contributed by atoms with Crippen LogP contribution in [-0.4, -0.2) is 25.1 Å². The van der Waals surface area contributed by atoms with E-state index in [9.17, 15) is 22.8 Å². The van der Waals surface area contributed by atoms with Crippen molar-refractivity contribution in [1.82, 2.24) is 0 Å². The number of methoxy groups -OCH3 is 1. The Kier molecular flexibility index (Phi) is 6.17. The van der Waals surface area contributed by atoms with Gasteiger partial charge in [-0.25, -0.2) is 18.0 Å². The Morgan fingerprint density at radius 1 is 1.19 bits per heavy atom. The van der Waals surface area contributed by atoms with E-state index in [1.165, 1.54) is 26.2 Å². The van der Waals surface area contributed by atoms with Gasteiger partial charge in [-0.2, -0.15) is 0 Å². The molecule has 0 aliphatic carbocycles. The fraction of sp³-hybridized carbons (Fsp3) is 0.176. The van der Waals surface area contributed by atoms with Crippen LogP contribution in [0.3, 0.4) is 0 Å². The normalized spacial score (nSPS) is 11.6. The number of benzene rings is 2. The van der Waals surface area contributed by atoms with E-state index in [2.05, 4.69) is 0 Å². The first-order valence-corrected chi connectivity index (χ1v) is 7.81. The molecule has 10 heteroatoms. The number of ether oxygens (including phenoxy) is 2. The summed E-state index contributed by atoms with van der Waals surface area (Å²) >= 11 is 5.86. The Morgan fingerprint density at radius 2 is 1.85 bits per heavy atom. The largest absolute Gasteiger partial charge is 0.496 e. The molecule has 0 aliphatic rings. The molecule has 6 nitrogen and oxygen atoms in total. The van der Waals surface area contributed by atoms with E-state index in [1.807, 2.05) is 5.32 Å².